The van der Waals surface area contributed by atoms with Crippen molar-refractivity contribution in [2.75, 3.05) is 12.3 Å². The predicted molar refractivity (Wildman–Crippen MR) is 66.5 cm³/mol. The Morgan fingerprint density at radius 3 is 2.65 bits per heavy atom. The molecule has 0 saturated carbocycles. The van der Waals surface area contributed by atoms with Gasteiger partial charge in [0, 0.05) is 18.2 Å². The van der Waals surface area contributed by atoms with Crippen molar-refractivity contribution in [3.63, 3.8) is 0 Å². The van der Waals surface area contributed by atoms with Gasteiger partial charge in [-0.2, -0.15) is 0 Å². The van der Waals surface area contributed by atoms with Crippen LogP contribution in [0.1, 0.15) is 5.56 Å². The topological polar surface area (TPSA) is 35.2 Å². The summed E-state index contributed by atoms with van der Waals surface area (Å²) in [6, 6.07) is 13.8. The van der Waals surface area contributed by atoms with Gasteiger partial charge < -0.3 is 10.5 Å². The molecule has 0 aliphatic rings. The van der Waals surface area contributed by atoms with Crippen LogP contribution in [0.25, 0.3) is 0 Å². The Labute approximate surface area is 99.8 Å². The highest BCUT2D eigenvalue weighted by Crippen LogP contribution is 2.13. The molecule has 0 bridgehead atoms. The van der Waals surface area contributed by atoms with Crippen molar-refractivity contribution in [2.45, 2.75) is 6.42 Å². The Balaban J connectivity index is 1.87. The van der Waals surface area contributed by atoms with Crippen molar-refractivity contribution < 1.29 is 9.13 Å². The number of hydrogen-bond donors (Lipinski definition) is 1. The van der Waals surface area contributed by atoms with E-state index in [0.29, 0.717) is 12.4 Å². The lowest BCUT2D eigenvalue weighted by Gasteiger charge is -2.06. The minimum Gasteiger partial charge on any atom is -0.493 e. The summed E-state index contributed by atoms with van der Waals surface area (Å²) in [7, 11) is 0. The number of halogens is 1. The van der Waals surface area contributed by atoms with E-state index in [1.165, 1.54) is 12.1 Å². The zero-order valence-electron chi connectivity index (χ0n) is 9.40. The number of anilines is 1. The first kappa shape index (κ1) is 11.5. The average molecular weight is 231 g/mol. The zero-order chi connectivity index (χ0) is 12.1. The normalized spacial score (nSPS) is 10.2. The molecular weight excluding hydrogens is 217 g/mol. The molecule has 0 aliphatic heterocycles. The second kappa shape index (κ2) is 5.34. The summed E-state index contributed by atoms with van der Waals surface area (Å²) in [5.41, 5.74) is 7.53. The van der Waals surface area contributed by atoms with Gasteiger partial charge in [-0.15, -0.1) is 0 Å². The van der Waals surface area contributed by atoms with Crippen molar-refractivity contribution in [3.05, 3.63) is 59.9 Å². The van der Waals surface area contributed by atoms with Crippen LogP contribution in [0.4, 0.5) is 10.1 Å². The molecule has 0 saturated heterocycles. The minimum absolute atomic E-state index is 0.286. The summed E-state index contributed by atoms with van der Waals surface area (Å²) < 4.78 is 18.3. The summed E-state index contributed by atoms with van der Waals surface area (Å²) >= 11 is 0. The molecule has 0 unspecified atom stereocenters. The highest BCUT2D eigenvalue weighted by molar-refractivity contribution is 5.40. The molecule has 88 valence electrons. The van der Waals surface area contributed by atoms with E-state index in [0.717, 1.165) is 17.7 Å². The fourth-order valence-corrected chi connectivity index (χ4v) is 1.59. The van der Waals surface area contributed by atoms with Gasteiger partial charge in [0.05, 0.1) is 6.61 Å². The molecule has 0 atom stereocenters. The third-order valence-electron chi connectivity index (χ3n) is 2.41. The second-order valence-corrected chi connectivity index (χ2v) is 3.80. The average Bonchev–Trinajstić information content (AvgIpc) is 2.29. The van der Waals surface area contributed by atoms with Crippen LogP contribution in [0.2, 0.25) is 0 Å². The summed E-state index contributed by atoms with van der Waals surface area (Å²) in [5.74, 6) is 0.264. The van der Waals surface area contributed by atoms with Gasteiger partial charge in [0.1, 0.15) is 11.6 Å². The fourth-order valence-electron chi connectivity index (χ4n) is 1.59. The molecular formula is C14H14FNO. The lowest BCUT2D eigenvalue weighted by Crippen LogP contribution is -2.01. The van der Waals surface area contributed by atoms with Gasteiger partial charge in [-0.3, -0.25) is 0 Å². The molecule has 2 aromatic carbocycles. The molecule has 0 radical (unpaired) electrons. The van der Waals surface area contributed by atoms with E-state index in [2.05, 4.69) is 0 Å². The van der Waals surface area contributed by atoms with E-state index in [1.54, 1.807) is 12.1 Å². The molecule has 0 aliphatic carbocycles. The fraction of sp³-hybridized carbons (Fsp3) is 0.143. The molecule has 17 heavy (non-hydrogen) atoms. The number of benzene rings is 2. The van der Waals surface area contributed by atoms with Gasteiger partial charge in [0.25, 0.3) is 0 Å². The Bertz CT molecular complexity index is 454. The van der Waals surface area contributed by atoms with E-state index in [1.807, 2.05) is 24.3 Å². The second-order valence-electron chi connectivity index (χ2n) is 3.80. The van der Waals surface area contributed by atoms with Gasteiger partial charge >= 0.3 is 0 Å². The van der Waals surface area contributed by atoms with E-state index in [4.69, 9.17) is 10.5 Å². The van der Waals surface area contributed by atoms with Crippen molar-refractivity contribution >= 4 is 5.69 Å². The first-order valence-electron chi connectivity index (χ1n) is 5.47. The van der Waals surface area contributed by atoms with Crippen molar-refractivity contribution in [2.24, 2.45) is 0 Å². The first-order chi connectivity index (χ1) is 8.24. The quantitative estimate of drug-likeness (QED) is 0.821. The monoisotopic (exact) mass is 231 g/mol. The smallest absolute Gasteiger partial charge is 0.126 e. The summed E-state index contributed by atoms with van der Waals surface area (Å²) in [6.07, 6.45) is 0.752. The summed E-state index contributed by atoms with van der Waals surface area (Å²) in [6.45, 7) is 0.507. The third kappa shape index (κ3) is 3.48. The third-order valence-corrected chi connectivity index (χ3v) is 2.41. The van der Waals surface area contributed by atoms with Crippen LogP contribution in [-0.2, 0) is 6.42 Å². The summed E-state index contributed by atoms with van der Waals surface area (Å²) in [5, 5.41) is 0. The van der Waals surface area contributed by atoms with Crippen LogP contribution in [0, 0.1) is 5.82 Å². The van der Waals surface area contributed by atoms with Gasteiger partial charge in [-0.05, 0) is 29.8 Å². The van der Waals surface area contributed by atoms with Crippen LogP contribution in [0.5, 0.6) is 5.75 Å². The lowest BCUT2D eigenvalue weighted by molar-refractivity contribution is 0.320. The number of nitrogens with two attached hydrogens (primary N) is 1. The van der Waals surface area contributed by atoms with Crippen LogP contribution in [-0.4, -0.2) is 6.61 Å². The standard InChI is InChI=1S/C14H14FNO/c15-12-4-2-6-14(10-12)17-8-7-11-3-1-5-13(16)9-11/h1-6,9-10H,7-8,16H2. The summed E-state index contributed by atoms with van der Waals surface area (Å²) in [4.78, 5) is 0. The molecule has 3 heteroatoms. The predicted octanol–water partition coefficient (Wildman–Crippen LogP) is 3.03. The van der Waals surface area contributed by atoms with E-state index in [-0.39, 0.29) is 5.82 Å². The van der Waals surface area contributed by atoms with Crippen LogP contribution < -0.4 is 10.5 Å². The van der Waals surface area contributed by atoms with Crippen LogP contribution in [0.15, 0.2) is 48.5 Å². The molecule has 2 N–H and O–H groups in total. The maximum atomic E-state index is 12.9. The molecule has 2 nitrogen and oxygen atoms in total. The largest absolute Gasteiger partial charge is 0.493 e. The van der Waals surface area contributed by atoms with Crippen molar-refractivity contribution in [3.8, 4) is 5.75 Å². The zero-order valence-corrected chi connectivity index (χ0v) is 9.40. The highest BCUT2D eigenvalue weighted by Gasteiger charge is 1.97. The van der Waals surface area contributed by atoms with Gasteiger partial charge in [-0.25, -0.2) is 4.39 Å². The van der Waals surface area contributed by atoms with E-state index in [9.17, 15) is 4.39 Å². The van der Waals surface area contributed by atoms with Crippen LogP contribution >= 0.6 is 0 Å². The Hall–Kier alpha value is -2.03. The SMILES string of the molecule is Nc1cccc(CCOc2cccc(F)c2)c1. The molecule has 0 fully saturated rings. The Morgan fingerprint density at radius 2 is 1.88 bits per heavy atom. The number of rotatable bonds is 4. The van der Waals surface area contributed by atoms with E-state index < -0.39 is 0 Å². The first-order valence-corrected chi connectivity index (χ1v) is 5.47. The lowest BCUT2D eigenvalue weighted by atomic mass is 10.1. The van der Waals surface area contributed by atoms with Gasteiger partial charge in [0.2, 0.25) is 0 Å². The Morgan fingerprint density at radius 1 is 1.06 bits per heavy atom. The molecule has 0 amide bonds. The highest BCUT2D eigenvalue weighted by atomic mass is 19.1. The molecule has 2 aromatic rings. The van der Waals surface area contributed by atoms with Crippen molar-refractivity contribution in [1.29, 1.82) is 0 Å². The number of hydrogen-bond acceptors (Lipinski definition) is 2. The number of ether oxygens (including phenoxy) is 1. The Kier molecular flexibility index (Phi) is 3.60. The molecule has 0 heterocycles. The number of nitrogen functional groups attached to an aromatic ring is 1. The van der Waals surface area contributed by atoms with Gasteiger partial charge in [0.15, 0.2) is 0 Å². The maximum Gasteiger partial charge on any atom is 0.126 e. The van der Waals surface area contributed by atoms with E-state index >= 15 is 0 Å². The minimum atomic E-state index is -0.286. The van der Waals surface area contributed by atoms with Gasteiger partial charge in [-0.1, -0.05) is 18.2 Å². The molecule has 0 spiro atoms. The molecule has 2 rings (SSSR count). The van der Waals surface area contributed by atoms with Crippen LogP contribution in [0.3, 0.4) is 0 Å². The van der Waals surface area contributed by atoms with Crippen molar-refractivity contribution in [1.82, 2.24) is 0 Å². The maximum absolute atomic E-state index is 12.9. The molecule has 0 aromatic heterocycles.